The highest BCUT2D eigenvalue weighted by Gasteiger charge is 2.10. The summed E-state index contributed by atoms with van der Waals surface area (Å²) in [6.07, 6.45) is 1.69. The summed E-state index contributed by atoms with van der Waals surface area (Å²) in [7, 11) is 0. The van der Waals surface area contributed by atoms with Crippen molar-refractivity contribution in [3.05, 3.63) is 35.8 Å². The monoisotopic (exact) mass is 229 g/mol. The van der Waals surface area contributed by atoms with E-state index in [2.05, 4.69) is 15.3 Å². The van der Waals surface area contributed by atoms with Crippen molar-refractivity contribution in [2.75, 3.05) is 0 Å². The average Bonchev–Trinajstić information content (AvgIpc) is 2.27. The Hall–Kier alpha value is -1.97. The molecule has 0 atom stereocenters. The highest BCUT2D eigenvalue weighted by molar-refractivity contribution is 5.92. The summed E-state index contributed by atoms with van der Waals surface area (Å²) in [5.74, 6) is -0.0162. The van der Waals surface area contributed by atoms with E-state index >= 15 is 0 Å². The summed E-state index contributed by atoms with van der Waals surface area (Å²) in [5.41, 5.74) is 1.94. The maximum absolute atomic E-state index is 11.7. The predicted octanol–water partition coefficient (Wildman–Crippen LogP) is 2.08. The summed E-state index contributed by atoms with van der Waals surface area (Å²) in [6.45, 7) is 5.82. The molecule has 17 heavy (non-hydrogen) atoms. The number of nitrogens with one attached hydrogen (secondary N) is 1. The molecule has 0 saturated carbocycles. The van der Waals surface area contributed by atoms with Crippen molar-refractivity contribution in [3.63, 3.8) is 0 Å². The Morgan fingerprint density at radius 1 is 1.35 bits per heavy atom. The van der Waals surface area contributed by atoms with Gasteiger partial charge in [-0.3, -0.25) is 4.79 Å². The number of fused-ring (bicyclic) bond motifs is 1. The van der Waals surface area contributed by atoms with Crippen molar-refractivity contribution in [3.8, 4) is 0 Å². The summed E-state index contributed by atoms with van der Waals surface area (Å²) in [4.78, 5) is 20.1. The van der Waals surface area contributed by atoms with Gasteiger partial charge in [-0.05, 0) is 32.9 Å². The van der Waals surface area contributed by atoms with Crippen LogP contribution in [0.2, 0.25) is 0 Å². The minimum absolute atomic E-state index is 0.0832. The van der Waals surface area contributed by atoms with Gasteiger partial charge in [0.25, 0.3) is 5.91 Å². The molecule has 88 valence electrons. The van der Waals surface area contributed by atoms with E-state index in [0.29, 0.717) is 0 Å². The highest BCUT2D eigenvalue weighted by Crippen LogP contribution is 2.12. The van der Waals surface area contributed by atoms with Crippen LogP contribution in [0.25, 0.3) is 10.9 Å². The average molecular weight is 229 g/mol. The van der Waals surface area contributed by atoms with Gasteiger partial charge in [0.2, 0.25) is 5.82 Å². The fraction of sp³-hybridized carbons (Fsp3) is 0.308. The third-order valence-corrected chi connectivity index (χ3v) is 2.36. The molecule has 0 unspecified atom stereocenters. The molecule has 0 aliphatic carbocycles. The molecular weight excluding hydrogens is 214 g/mol. The molecule has 2 rings (SSSR count). The lowest BCUT2D eigenvalue weighted by Crippen LogP contribution is -2.31. The third kappa shape index (κ3) is 2.58. The van der Waals surface area contributed by atoms with E-state index in [-0.39, 0.29) is 17.8 Å². The molecule has 4 heteroatoms. The first-order chi connectivity index (χ1) is 8.06. The molecule has 1 amide bonds. The summed E-state index contributed by atoms with van der Waals surface area (Å²) in [5, 5.41) is 3.72. The lowest BCUT2D eigenvalue weighted by atomic mass is 10.2. The zero-order valence-corrected chi connectivity index (χ0v) is 10.2. The molecule has 1 N–H and O–H groups in total. The molecule has 0 fully saturated rings. The summed E-state index contributed by atoms with van der Waals surface area (Å²) in [6, 6.07) is 5.96. The van der Waals surface area contributed by atoms with Crippen molar-refractivity contribution >= 4 is 16.8 Å². The molecule has 0 aliphatic heterocycles. The van der Waals surface area contributed by atoms with Crippen LogP contribution in [0.3, 0.4) is 0 Å². The van der Waals surface area contributed by atoms with Crippen molar-refractivity contribution in [2.24, 2.45) is 0 Å². The van der Waals surface area contributed by atoms with Crippen molar-refractivity contribution in [1.82, 2.24) is 15.3 Å². The Balaban J connectivity index is 2.38. The van der Waals surface area contributed by atoms with Crippen LogP contribution in [0, 0.1) is 6.92 Å². The molecule has 4 nitrogen and oxygen atoms in total. The van der Waals surface area contributed by atoms with Crippen LogP contribution >= 0.6 is 0 Å². The smallest absolute Gasteiger partial charge is 0.289 e. The minimum Gasteiger partial charge on any atom is -0.347 e. The molecule has 0 spiro atoms. The molecule has 1 heterocycles. The second kappa shape index (κ2) is 4.49. The van der Waals surface area contributed by atoms with Gasteiger partial charge in [-0.1, -0.05) is 11.6 Å². The topological polar surface area (TPSA) is 54.9 Å². The number of rotatable bonds is 2. The van der Waals surface area contributed by atoms with Crippen LogP contribution in [-0.4, -0.2) is 21.9 Å². The number of benzene rings is 1. The standard InChI is InChI=1S/C13H15N3O/c1-8(2)15-13(17)12-14-7-10-6-9(3)4-5-11(10)16-12/h4-8H,1-3H3,(H,15,17). The molecular formula is C13H15N3O. The van der Waals surface area contributed by atoms with Gasteiger partial charge in [0, 0.05) is 17.6 Å². The van der Waals surface area contributed by atoms with Crippen LogP contribution in [0.1, 0.15) is 30.0 Å². The lowest BCUT2D eigenvalue weighted by Gasteiger charge is -2.07. The van der Waals surface area contributed by atoms with Gasteiger partial charge in [-0.15, -0.1) is 0 Å². The van der Waals surface area contributed by atoms with Crippen molar-refractivity contribution < 1.29 is 4.79 Å². The fourth-order valence-electron chi connectivity index (χ4n) is 1.59. The minimum atomic E-state index is -0.234. The van der Waals surface area contributed by atoms with Crippen LogP contribution in [0.5, 0.6) is 0 Å². The second-order valence-electron chi connectivity index (χ2n) is 4.38. The summed E-state index contributed by atoms with van der Waals surface area (Å²) < 4.78 is 0. The van der Waals surface area contributed by atoms with E-state index < -0.39 is 0 Å². The summed E-state index contributed by atoms with van der Waals surface area (Å²) >= 11 is 0. The Labute approximate surface area is 100 Å². The number of aromatic nitrogens is 2. The predicted molar refractivity (Wildman–Crippen MR) is 66.9 cm³/mol. The number of hydrogen-bond donors (Lipinski definition) is 1. The van der Waals surface area contributed by atoms with Crippen LogP contribution in [0.15, 0.2) is 24.4 Å². The van der Waals surface area contributed by atoms with Gasteiger partial charge in [-0.2, -0.15) is 0 Å². The first kappa shape index (κ1) is 11.5. The highest BCUT2D eigenvalue weighted by atomic mass is 16.2. The molecule has 0 saturated heterocycles. The van der Waals surface area contributed by atoms with E-state index in [4.69, 9.17) is 0 Å². The molecule has 1 aromatic carbocycles. The van der Waals surface area contributed by atoms with Gasteiger partial charge in [0.05, 0.1) is 5.52 Å². The Morgan fingerprint density at radius 3 is 2.82 bits per heavy atom. The molecule has 2 aromatic rings. The van der Waals surface area contributed by atoms with Gasteiger partial charge in [0.1, 0.15) is 0 Å². The molecule has 1 aromatic heterocycles. The van der Waals surface area contributed by atoms with E-state index in [9.17, 15) is 4.79 Å². The molecule has 0 bridgehead atoms. The Bertz CT molecular complexity index is 564. The van der Waals surface area contributed by atoms with Crippen molar-refractivity contribution in [1.29, 1.82) is 0 Å². The van der Waals surface area contributed by atoms with Crippen LogP contribution in [-0.2, 0) is 0 Å². The van der Waals surface area contributed by atoms with E-state index in [1.165, 1.54) is 0 Å². The van der Waals surface area contributed by atoms with E-state index in [0.717, 1.165) is 16.5 Å². The maximum Gasteiger partial charge on any atom is 0.289 e. The van der Waals surface area contributed by atoms with Crippen molar-refractivity contribution in [2.45, 2.75) is 26.8 Å². The second-order valence-corrected chi connectivity index (χ2v) is 4.38. The number of carbonyl (C=O) groups excluding carboxylic acids is 1. The fourth-order valence-corrected chi connectivity index (χ4v) is 1.59. The number of carbonyl (C=O) groups is 1. The first-order valence-electron chi connectivity index (χ1n) is 5.60. The zero-order chi connectivity index (χ0) is 12.4. The third-order valence-electron chi connectivity index (χ3n) is 2.36. The number of nitrogens with zero attached hydrogens (tertiary/aromatic N) is 2. The Kier molecular flexibility index (Phi) is 3.04. The van der Waals surface area contributed by atoms with Crippen LogP contribution in [0.4, 0.5) is 0 Å². The van der Waals surface area contributed by atoms with E-state index in [1.54, 1.807) is 6.20 Å². The normalized spacial score (nSPS) is 10.8. The van der Waals surface area contributed by atoms with Crippen LogP contribution < -0.4 is 5.32 Å². The van der Waals surface area contributed by atoms with E-state index in [1.807, 2.05) is 39.0 Å². The van der Waals surface area contributed by atoms with Gasteiger partial charge < -0.3 is 5.32 Å². The Morgan fingerprint density at radius 2 is 2.12 bits per heavy atom. The number of aryl methyl sites for hydroxylation is 1. The zero-order valence-electron chi connectivity index (χ0n) is 10.2. The lowest BCUT2D eigenvalue weighted by molar-refractivity contribution is 0.0933. The molecule has 0 aliphatic rings. The number of hydrogen-bond acceptors (Lipinski definition) is 3. The van der Waals surface area contributed by atoms with Gasteiger partial charge >= 0.3 is 0 Å². The first-order valence-corrected chi connectivity index (χ1v) is 5.60. The SMILES string of the molecule is Cc1ccc2nc(C(=O)NC(C)C)ncc2c1. The quantitative estimate of drug-likeness (QED) is 0.857. The van der Waals surface area contributed by atoms with Gasteiger partial charge in [0.15, 0.2) is 0 Å². The molecule has 0 radical (unpaired) electrons. The maximum atomic E-state index is 11.7. The number of amides is 1. The largest absolute Gasteiger partial charge is 0.347 e. The van der Waals surface area contributed by atoms with Gasteiger partial charge in [-0.25, -0.2) is 9.97 Å².